The van der Waals surface area contributed by atoms with Crippen molar-refractivity contribution < 1.29 is 14.6 Å². The van der Waals surface area contributed by atoms with E-state index in [1.807, 2.05) is 20.8 Å². The van der Waals surface area contributed by atoms with E-state index < -0.39 is 6.09 Å². The van der Waals surface area contributed by atoms with Gasteiger partial charge in [-0.2, -0.15) is 0 Å². The Balaban J connectivity index is 3.74. The molecule has 4 heteroatoms. The number of aliphatic hydroxyl groups excluding tert-OH is 1. The normalized spacial score (nSPS) is 14.6. The van der Waals surface area contributed by atoms with Crippen molar-refractivity contribution in [1.29, 1.82) is 0 Å². The average Bonchev–Trinajstić information content (AvgIpc) is 2.23. The van der Waals surface area contributed by atoms with Gasteiger partial charge in [-0.25, -0.2) is 4.79 Å². The number of hydrogen-bond acceptors (Lipinski definition) is 3. The maximum Gasteiger partial charge on any atom is 0.407 e. The summed E-state index contributed by atoms with van der Waals surface area (Å²) in [4.78, 5) is 11.1. The number of hydrogen-bond donors (Lipinski definition) is 2. The van der Waals surface area contributed by atoms with Gasteiger partial charge in [0.15, 0.2) is 0 Å². The van der Waals surface area contributed by atoms with E-state index in [1.54, 1.807) is 0 Å². The quantitative estimate of drug-likeness (QED) is 0.688. The Labute approximate surface area is 85.6 Å². The largest absolute Gasteiger partial charge is 0.449 e. The highest BCUT2D eigenvalue weighted by Gasteiger charge is 2.22. The van der Waals surface area contributed by atoms with E-state index in [4.69, 9.17) is 9.84 Å². The first-order chi connectivity index (χ1) is 6.58. The average molecular weight is 203 g/mol. The van der Waals surface area contributed by atoms with Crippen molar-refractivity contribution in [3.8, 4) is 0 Å². The third-order valence-corrected chi connectivity index (χ3v) is 2.31. The van der Waals surface area contributed by atoms with Gasteiger partial charge in [0.1, 0.15) is 6.61 Å². The van der Waals surface area contributed by atoms with E-state index in [9.17, 15) is 4.79 Å². The molecule has 1 atom stereocenters. The summed E-state index contributed by atoms with van der Waals surface area (Å²) in [5.41, 5.74) is -0.316. The van der Waals surface area contributed by atoms with Gasteiger partial charge in [0.2, 0.25) is 0 Å². The molecule has 1 unspecified atom stereocenters. The van der Waals surface area contributed by atoms with Gasteiger partial charge < -0.3 is 15.2 Å². The number of ether oxygens (including phenoxy) is 1. The lowest BCUT2D eigenvalue weighted by Gasteiger charge is -2.24. The molecule has 14 heavy (non-hydrogen) atoms. The minimum Gasteiger partial charge on any atom is -0.449 e. The van der Waals surface area contributed by atoms with Crippen LogP contribution in [0.2, 0.25) is 0 Å². The third-order valence-electron chi connectivity index (χ3n) is 2.31. The van der Waals surface area contributed by atoms with Crippen LogP contribution in [0, 0.1) is 5.41 Å². The molecule has 1 amide bonds. The van der Waals surface area contributed by atoms with Crippen molar-refractivity contribution in [2.24, 2.45) is 5.41 Å². The fourth-order valence-electron chi connectivity index (χ4n) is 0.777. The van der Waals surface area contributed by atoms with Gasteiger partial charge in [-0.05, 0) is 12.8 Å². The Bertz CT molecular complexity index is 167. The third kappa shape index (κ3) is 5.07. The highest BCUT2D eigenvalue weighted by molar-refractivity contribution is 5.67. The van der Waals surface area contributed by atoms with E-state index in [2.05, 4.69) is 5.32 Å². The van der Waals surface area contributed by atoms with Crippen LogP contribution in [0.1, 0.15) is 33.6 Å². The van der Waals surface area contributed by atoms with Crippen LogP contribution >= 0.6 is 0 Å². The second-order valence-electron chi connectivity index (χ2n) is 3.83. The number of amides is 1. The van der Waals surface area contributed by atoms with Crippen molar-refractivity contribution in [3.63, 3.8) is 0 Å². The standard InChI is InChI=1S/C10H21NO3/c1-4-6-11-9(13)14-8-10(3,5-2)7-12/h12H,4-8H2,1-3H3,(H,11,13). The van der Waals surface area contributed by atoms with E-state index in [0.717, 1.165) is 12.8 Å². The predicted octanol–water partition coefficient (Wildman–Crippen LogP) is 1.53. The Kier molecular flexibility index (Phi) is 6.28. The van der Waals surface area contributed by atoms with Gasteiger partial charge in [0.25, 0.3) is 0 Å². The summed E-state index contributed by atoms with van der Waals surface area (Å²) in [6, 6.07) is 0. The highest BCUT2D eigenvalue weighted by atomic mass is 16.5. The smallest absolute Gasteiger partial charge is 0.407 e. The van der Waals surface area contributed by atoms with Gasteiger partial charge >= 0.3 is 6.09 Å². The molecule has 2 N–H and O–H groups in total. The van der Waals surface area contributed by atoms with Crippen LogP contribution in [0.15, 0.2) is 0 Å². The van der Waals surface area contributed by atoms with Gasteiger partial charge in [-0.3, -0.25) is 0 Å². The Morgan fingerprint density at radius 3 is 2.57 bits per heavy atom. The monoisotopic (exact) mass is 203 g/mol. The summed E-state index contributed by atoms with van der Waals surface area (Å²) in [5.74, 6) is 0. The molecule has 0 saturated heterocycles. The zero-order valence-corrected chi connectivity index (χ0v) is 9.30. The minimum absolute atomic E-state index is 0.0323. The first-order valence-corrected chi connectivity index (χ1v) is 5.09. The molecule has 84 valence electrons. The van der Waals surface area contributed by atoms with Gasteiger partial charge in [-0.15, -0.1) is 0 Å². The van der Waals surface area contributed by atoms with E-state index in [0.29, 0.717) is 6.54 Å². The zero-order chi connectivity index (χ0) is 11.0. The van der Waals surface area contributed by atoms with E-state index in [1.165, 1.54) is 0 Å². The molecule has 0 aliphatic rings. The lowest BCUT2D eigenvalue weighted by molar-refractivity contribution is 0.0471. The topological polar surface area (TPSA) is 58.6 Å². The molecule has 0 aromatic heterocycles. The molecular formula is C10H21NO3. The molecule has 0 aromatic rings. The SMILES string of the molecule is CCCNC(=O)OCC(C)(CC)CO. The fourth-order valence-corrected chi connectivity index (χ4v) is 0.777. The number of rotatable bonds is 6. The van der Waals surface area contributed by atoms with Crippen molar-refractivity contribution >= 4 is 6.09 Å². The van der Waals surface area contributed by atoms with Crippen LogP contribution < -0.4 is 5.32 Å². The number of alkyl carbamates (subject to hydrolysis) is 1. The molecule has 0 bridgehead atoms. The van der Waals surface area contributed by atoms with E-state index in [-0.39, 0.29) is 18.6 Å². The van der Waals surface area contributed by atoms with Crippen LogP contribution in [-0.2, 0) is 4.74 Å². The second-order valence-corrected chi connectivity index (χ2v) is 3.83. The summed E-state index contributed by atoms with van der Waals surface area (Å²) in [7, 11) is 0. The lowest BCUT2D eigenvalue weighted by Crippen LogP contribution is -2.32. The van der Waals surface area contributed by atoms with Gasteiger partial charge in [0.05, 0.1) is 6.61 Å². The molecular weight excluding hydrogens is 182 g/mol. The second kappa shape index (κ2) is 6.65. The van der Waals surface area contributed by atoms with Gasteiger partial charge in [-0.1, -0.05) is 20.8 Å². The van der Waals surface area contributed by atoms with E-state index >= 15 is 0 Å². The summed E-state index contributed by atoms with van der Waals surface area (Å²) < 4.78 is 4.98. The Hall–Kier alpha value is -0.770. The van der Waals surface area contributed by atoms with Crippen LogP contribution in [0.4, 0.5) is 4.79 Å². The molecule has 0 aliphatic carbocycles. The summed E-state index contributed by atoms with van der Waals surface area (Å²) in [6.45, 7) is 6.74. The summed E-state index contributed by atoms with van der Waals surface area (Å²) in [6.07, 6.45) is 1.27. The molecule has 0 fully saturated rings. The summed E-state index contributed by atoms with van der Waals surface area (Å²) in [5, 5.41) is 11.7. The summed E-state index contributed by atoms with van der Waals surface area (Å²) >= 11 is 0. The lowest BCUT2D eigenvalue weighted by atomic mass is 9.90. The first kappa shape index (κ1) is 13.2. The molecule has 0 rings (SSSR count). The van der Waals surface area contributed by atoms with Crippen LogP contribution in [0.25, 0.3) is 0 Å². The molecule has 0 heterocycles. The molecule has 0 saturated carbocycles. The molecule has 0 spiro atoms. The molecule has 0 aliphatic heterocycles. The Morgan fingerprint density at radius 2 is 2.14 bits per heavy atom. The maximum absolute atomic E-state index is 11.1. The number of aliphatic hydroxyl groups is 1. The zero-order valence-electron chi connectivity index (χ0n) is 9.30. The fraction of sp³-hybridized carbons (Fsp3) is 0.900. The maximum atomic E-state index is 11.1. The molecule has 0 radical (unpaired) electrons. The first-order valence-electron chi connectivity index (χ1n) is 5.09. The molecule has 0 aromatic carbocycles. The number of carbonyl (C=O) groups excluding carboxylic acids is 1. The highest BCUT2D eigenvalue weighted by Crippen LogP contribution is 2.19. The minimum atomic E-state index is -0.403. The van der Waals surface area contributed by atoms with Crippen molar-refractivity contribution in [1.82, 2.24) is 5.32 Å². The van der Waals surface area contributed by atoms with Crippen LogP contribution in [-0.4, -0.2) is 31.0 Å². The Morgan fingerprint density at radius 1 is 1.50 bits per heavy atom. The van der Waals surface area contributed by atoms with Crippen LogP contribution in [0.3, 0.4) is 0 Å². The van der Waals surface area contributed by atoms with Crippen molar-refractivity contribution in [2.45, 2.75) is 33.6 Å². The molecule has 4 nitrogen and oxygen atoms in total. The van der Waals surface area contributed by atoms with Crippen molar-refractivity contribution in [2.75, 3.05) is 19.8 Å². The van der Waals surface area contributed by atoms with Gasteiger partial charge in [0, 0.05) is 12.0 Å². The predicted molar refractivity (Wildman–Crippen MR) is 55.1 cm³/mol. The number of nitrogens with one attached hydrogen (secondary N) is 1. The number of carbonyl (C=O) groups is 1. The van der Waals surface area contributed by atoms with Crippen LogP contribution in [0.5, 0.6) is 0 Å². The van der Waals surface area contributed by atoms with Crippen molar-refractivity contribution in [3.05, 3.63) is 0 Å².